The summed E-state index contributed by atoms with van der Waals surface area (Å²) in [5, 5.41) is 12.7. The van der Waals surface area contributed by atoms with E-state index in [0.717, 1.165) is 12.1 Å². The number of aliphatic hydroxyl groups is 1. The highest BCUT2D eigenvalue weighted by Crippen LogP contribution is 2.33. The number of halogens is 2. The van der Waals surface area contributed by atoms with E-state index in [0.29, 0.717) is 17.6 Å². The van der Waals surface area contributed by atoms with Crippen molar-refractivity contribution >= 4 is 22.7 Å². The lowest BCUT2D eigenvalue weighted by molar-refractivity contribution is 0.0706. The zero-order chi connectivity index (χ0) is 19.7. The Morgan fingerprint density at radius 2 is 2.11 bits per heavy atom. The van der Waals surface area contributed by atoms with Crippen molar-refractivity contribution in [3.05, 3.63) is 48.3 Å². The summed E-state index contributed by atoms with van der Waals surface area (Å²) in [6, 6.07) is 5.58. The summed E-state index contributed by atoms with van der Waals surface area (Å²) in [6.45, 7) is 2.35. The summed E-state index contributed by atoms with van der Waals surface area (Å²) in [5.41, 5.74) is 0.224. The molecule has 0 bridgehead atoms. The third kappa shape index (κ3) is 3.48. The summed E-state index contributed by atoms with van der Waals surface area (Å²) in [7, 11) is 0. The van der Waals surface area contributed by atoms with Crippen molar-refractivity contribution in [1.82, 2.24) is 9.97 Å². The fraction of sp³-hybridized carbons (Fsp3) is 0.263. The van der Waals surface area contributed by atoms with E-state index in [2.05, 4.69) is 20.3 Å². The largest absolute Gasteiger partial charge is 0.464 e. The Morgan fingerprint density at radius 3 is 2.79 bits per heavy atom. The van der Waals surface area contributed by atoms with Gasteiger partial charge in [-0.05, 0) is 12.1 Å². The number of amidine groups is 1. The molecule has 0 radical (unpaired) electrons. The predicted molar refractivity (Wildman–Crippen MR) is 99.6 cm³/mol. The molecule has 0 spiro atoms. The molecule has 0 saturated heterocycles. The molecule has 1 aliphatic heterocycles. The number of aliphatic hydroxyl groups excluding tert-OH is 1. The Kier molecular flexibility index (Phi) is 4.60. The van der Waals surface area contributed by atoms with Crippen LogP contribution in [0.3, 0.4) is 0 Å². The van der Waals surface area contributed by atoms with Gasteiger partial charge in [-0.25, -0.2) is 18.8 Å². The second-order valence-corrected chi connectivity index (χ2v) is 6.92. The molecule has 4 rings (SSSR count). The summed E-state index contributed by atoms with van der Waals surface area (Å²) < 4.78 is 39.9. The number of nitrogens with one attached hydrogen (secondary N) is 2. The number of hydrogen-bond donors (Lipinski definition) is 3. The van der Waals surface area contributed by atoms with Gasteiger partial charge in [0, 0.05) is 35.6 Å². The predicted octanol–water partition coefficient (Wildman–Crippen LogP) is 3.43. The third-order valence-electron chi connectivity index (χ3n) is 4.43. The number of hydrogen-bond acceptors (Lipinski definition) is 6. The number of aromatic nitrogens is 2. The van der Waals surface area contributed by atoms with Crippen molar-refractivity contribution in [1.29, 1.82) is 0 Å². The standard InChI is InChI=1S/C19H18F2N4O3/c1-19(9-26)8-24-18(27-10-19)25-11-6-13(20)16(14(21)7-11)28-15-3-5-23-17-12(15)2-4-22-17/h2-7,26H,8-10H2,1H3,(H,22,23)(H,24,25). The lowest BCUT2D eigenvalue weighted by Crippen LogP contribution is -2.38. The number of benzene rings is 1. The minimum Gasteiger partial charge on any atom is -0.464 e. The topological polar surface area (TPSA) is 91.8 Å². The highest BCUT2D eigenvalue weighted by Gasteiger charge is 2.29. The number of anilines is 1. The van der Waals surface area contributed by atoms with Crippen LogP contribution < -0.4 is 10.1 Å². The van der Waals surface area contributed by atoms with Crippen molar-refractivity contribution in [3.8, 4) is 11.5 Å². The number of H-pyrrole nitrogens is 1. The van der Waals surface area contributed by atoms with Gasteiger partial charge in [0.25, 0.3) is 6.02 Å². The van der Waals surface area contributed by atoms with Crippen molar-refractivity contribution in [3.63, 3.8) is 0 Å². The van der Waals surface area contributed by atoms with Crippen LogP contribution in [0.2, 0.25) is 0 Å². The summed E-state index contributed by atoms with van der Waals surface area (Å²) in [4.78, 5) is 11.2. The quantitative estimate of drug-likeness (QED) is 0.637. The van der Waals surface area contributed by atoms with Gasteiger partial charge in [-0.1, -0.05) is 6.92 Å². The molecule has 1 unspecified atom stereocenters. The van der Waals surface area contributed by atoms with Crippen LogP contribution in [0.5, 0.6) is 11.5 Å². The van der Waals surface area contributed by atoms with Gasteiger partial charge in [0.05, 0.1) is 18.5 Å². The van der Waals surface area contributed by atoms with Crippen LogP contribution in [0.1, 0.15) is 6.92 Å². The molecule has 3 heterocycles. The monoisotopic (exact) mass is 388 g/mol. The zero-order valence-electron chi connectivity index (χ0n) is 15.0. The molecule has 146 valence electrons. The number of aliphatic imine (C=N–C) groups is 1. The van der Waals surface area contributed by atoms with Crippen LogP contribution >= 0.6 is 0 Å². The Hall–Kier alpha value is -3.20. The van der Waals surface area contributed by atoms with Crippen LogP contribution in [0.15, 0.2) is 41.7 Å². The highest BCUT2D eigenvalue weighted by atomic mass is 19.1. The van der Waals surface area contributed by atoms with E-state index in [1.165, 1.54) is 12.3 Å². The molecule has 1 aliphatic rings. The van der Waals surface area contributed by atoms with Crippen LogP contribution in [0.25, 0.3) is 11.0 Å². The summed E-state index contributed by atoms with van der Waals surface area (Å²) in [5.74, 6) is -1.98. The molecule has 28 heavy (non-hydrogen) atoms. The first kappa shape index (κ1) is 18.2. The van der Waals surface area contributed by atoms with Crippen LogP contribution in [0, 0.1) is 17.0 Å². The number of pyridine rings is 1. The van der Waals surface area contributed by atoms with Crippen LogP contribution in [-0.2, 0) is 4.74 Å². The molecule has 2 aromatic heterocycles. The first-order chi connectivity index (χ1) is 13.5. The molecular weight excluding hydrogens is 370 g/mol. The normalized spacial score (nSPS) is 19.2. The molecular formula is C19H18F2N4O3. The van der Waals surface area contributed by atoms with Crippen LogP contribution in [0.4, 0.5) is 14.5 Å². The van der Waals surface area contributed by atoms with E-state index < -0.39 is 22.8 Å². The zero-order valence-corrected chi connectivity index (χ0v) is 15.0. The molecule has 0 aliphatic carbocycles. The minimum absolute atomic E-state index is 0.0670. The second kappa shape index (κ2) is 7.08. The number of fused-ring (bicyclic) bond motifs is 1. The maximum Gasteiger partial charge on any atom is 0.289 e. The molecule has 0 saturated carbocycles. The molecule has 3 aromatic rings. The SMILES string of the molecule is CC1(CO)CN=C(Nc2cc(F)c(Oc3ccnc4[nH]ccc34)c(F)c2)OC1. The third-order valence-corrected chi connectivity index (χ3v) is 4.43. The Morgan fingerprint density at radius 1 is 1.32 bits per heavy atom. The maximum absolute atomic E-state index is 14.5. The Balaban J connectivity index is 1.55. The Labute approximate surface area is 159 Å². The van der Waals surface area contributed by atoms with Gasteiger partial charge in [-0.15, -0.1) is 0 Å². The van der Waals surface area contributed by atoms with Gasteiger partial charge in [-0.3, -0.25) is 0 Å². The highest BCUT2D eigenvalue weighted by molar-refractivity contribution is 5.89. The number of rotatable bonds is 4. The van der Waals surface area contributed by atoms with Crippen molar-refractivity contribution in [2.24, 2.45) is 10.4 Å². The maximum atomic E-state index is 14.5. The van der Waals surface area contributed by atoms with Crippen LogP contribution in [-0.4, -0.2) is 40.9 Å². The number of aromatic amines is 1. The molecule has 1 atom stereocenters. The van der Waals surface area contributed by atoms with Crippen molar-refractivity contribution in [2.75, 3.05) is 25.1 Å². The number of nitrogens with zero attached hydrogens (tertiary/aromatic N) is 2. The fourth-order valence-electron chi connectivity index (χ4n) is 2.76. The first-order valence-electron chi connectivity index (χ1n) is 8.61. The van der Waals surface area contributed by atoms with Crippen molar-refractivity contribution < 1.29 is 23.4 Å². The van der Waals surface area contributed by atoms with E-state index in [-0.39, 0.29) is 30.7 Å². The number of ether oxygens (including phenoxy) is 2. The van der Waals surface area contributed by atoms with Gasteiger partial charge in [0.15, 0.2) is 17.4 Å². The van der Waals surface area contributed by atoms with Gasteiger partial charge < -0.3 is 24.9 Å². The lowest BCUT2D eigenvalue weighted by Gasteiger charge is -2.30. The molecule has 3 N–H and O–H groups in total. The van der Waals surface area contributed by atoms with E-state index in [1.807, 2.05) is 6.92 Å². The molecule has 7 nitrogen and oxygen atoms in total. The average Bonchev–Trinajstić information content (AvgIpc) is 3.16. The Bertz CT molecular complexity index is 1030. The van der Waals surface area contributed by atoms with Gasteiger partial charge >= 0.3 is 0 Å². The van der Waals surface area contributed by atoms with E-state index in [9.17, 15) is 13.9 Å². The summed E-state index contributed by atoms with van der Waals surface area (Å²) >= 11 is 0. The average molecular weight is 388 g/mol. The lowest BCUT2D eigenvalue weighted by atomic mass is 9.93. The van der Waals surface area contributed by atoms with Gasteiger partial charge in [0.2, 0.25) is 0 Å². The molecule has 0 fully saturated rings. The first-order valence-corrected chi connectivity index (χ1v) is 8.61. The second-order valence-electron chi connectivity index (χ2n) is 6.92. The van der Waals surface area contributed by atoms with Crippen molar-refractivity contribution in [2.45, 2.75) is 6.92 Å². The van der Waals surface area contributed by atoms with E-state index >= 15 is 0 Å². The van der Waals surface area contributed by atoms with Gasteiger partial charge in [-0.2, -0.15) is 0 Å². The molecule has 9 heteroatoms. The smallest absolute Gasteiger partial charge is 0.289 e. The molecule has 1 aromatic carbocycles. The minimum atomic E-state index is -0.875. The van der Waals surface area contributed by atoms with E-state index in [1.54, 1.807) is 12.3 Å². The molecule has 0 amide bonds. The van der Waals surface area contributed by atoms with E-state index in [4.69, 9.17) is 9.47 Å². The summed E-state index contributed by atoms with van der Waals surface area (Å²) in [6.07, 6.45) is 3.15. The van der Waals surface area contributed by atoms with Gasteiger partial charge in [0.1, 0.15) is 18.0 Å². The fourth-order valence-corrected chi connectivity index (χ4v) is 2.76.